The van der Waals surface area contributed by atoms with E-state index in [0.29, 0.717) is 13.1 Å². The summed E-state index contributed by atoms with van der Waals surface area (Å²) >= 11 is 1.04. The van der Waals surface area contributed by atoms with Crippen LogP contribution >= 0.6 is 11.3 Å². The molecule has 1 unspecified atom stereocenters. The summed E-state index contributed by atoms with van der Waals surface area (Å²) in [6, 6.07) is 1.42. The Balaban J connectivity index is 2.15. The number of sulfonamides is 1. The SMILES string of the molecule is CC(CNC(=O)c1sccc1S(=O)(=O)N1CCCC1)C(=O)O. The van der Waals surface area contributed by atoms with Gasteiger partial charge in [-0.2, -0.15) is 4.31 Å². The van der Waals surface area contributed by atoms with Crippen LogP contribution in [0.4, 0.5) is 0 Å². The average Bonchev–Trinajstić information content (AvgIpc) is 3.14. The van der Waals surface area contributed by atoms with Crippen molar-refractivity contribution in [3.8, 4) is 0 Å². The van der Waals surface area contributed by atoms with E-state index in [1.54, 1.807) is 5.38 Å². The Bertz CT molecular complexity index is 662. The molecule has 0 bridgehead atoms. The molecule has 0 radical (unpaired) electrons. The number of carbonyl (C=O) groups is 2. The minimum atomic E-state index is -3.66. The molecule has 1 aliphatic rings. The first-order chi connectivity index (χ1) is 10.3. The Labute approximate surface area is 133 Å². The van der Waals surface area contributed by atoms with Crippen LogP contribution in [0.1, 0.15) is 29.4 Å². The third kappa shape index (κ3) is 3.47. The zero-order valence-corrected chi connectivity index (χ0v) is 13.7. The fraction of sp³-hybridized carbons (Fsp3) is 0.538. The lowest BCUT2D eigenvalue weighted by molar-refractivity contribution is -0.140. The summed E-state index contributed by atoms with van der Waals surface area (Å²) in [5, 5.41) is 12.8. The second kappa shape index (κ2) is 6.76. The predicted molar refractivity (Wildman–Crippen MR) is 81.4 cm³/mol. The molecule has 1 aromatic rings. The second-order valence-corrected chi connectivity index (χ2v) is 8.00. The van der Waals surface area contributed by atoms with Crippen LogP contribution < -0.4 is 5.32 Å². The molecule has 0 aliphatic carbocycles. The van der Waals surface area contributed by atoms with Crippen LogP contribution in [0.3, 0.4) is 0 Å². The minimum absolute atomic E-state index is 0.000113. The zero-order valence-electron chi connectivity index (χ0n) is 12.1. The number of thiophene rings is 1. The topological polar surface area (TPSA) is 104 Å². The van der Waals surface area contributed by atoms with Crippen molar-refractivity contribution in [3.05, 3.63) is 16.3 Å². The molecule has 0 saturated carbocycles. The van der Waals surface area contributed by atoms with Gasteiger partial charge in [-0.05, 0) is 24.3 Å². The molecule has 22 heavy (non-hydrogen) atoms. The second-order valence-electron chi connectivity index (χ2n) is 5.17. The number of carboxylic acids is 1. The lowest BCUT2D eigenvalue weighted by Crippen LogP contribution is -2.33. The molecule has 9 heteroatoms. The molecule has 0 spiro atoms. The zero-order chi connectivity index (χ0) is 16.3. The highest BCUT2D eigenvalue weighted by Crippen LogP contribution is 2.27. The van der Waals surface area contributed by atoms with E-state index in [2.05, 4.69) is 5.32 Å². The van der Waals surface area contributed by atoms with Crippen molar-refractivity contribution in [2.75, 3.05) is 19.6 Å². The van der Waals surface area contributed by atoms with E-state index in [9.17, 15) is 18.0 Å². The number of hydrogen-bond acceptors (Lipinski definition) is 5. The van der Waals surface area contributed by atoms with Crippen LogP contribution in [0.2, 0.25) is 0 Å². The van der Waals surface area contributed by atoms with Crippen molar-refractivity contribution in [1.29, 1.82) is 0 Å². The van der Waals surface area contributed by atoms with Crippen LogP contribution in [0.25, 0.3) is 0 Å². The van der Waals surface area contributed by atoms with Crippen molar-refractivity contribution in [3.63, 3.8) is 0 Å². The van der Waals surface area contributed by atoms with E-state index in [-0.39, 0.29) is 16.3 Å². The van der Waals surface area contributed by atoms with Crippen LogP contribution in [-0.2, 0) is 14.8 Å². The van der Waals surface area contributed by atoms with Crippen molar-refractivity contribution < 1.29 is 23.1 Å². The Morgan fingerprint density at radius 3 is 2.64 bits per heavy atom. The molecule has 1 atom stereocenters. The highest BCUT2D eigenvalue weighted by Gasteiger charge is 2.31. The molecule has 2 N–H and O–H groups in total. The highest BCUT2D eigenvalue weighted by molar-refractivity contribution is 7.89. The smallest absolute Gasteiger partial charge is 0.308 e. The molecule has 0 aromatic carbocycles. The normalized spacial score (nSPS) is 17.3. The van der Waals surface area contributed by atoms with Gasteiger partial charge in [-0.1, -0.05) is 6.92 Å². The fourth-order valence-electron chi connectivity index (χ4n) is 2.15. The summed E-state index contributed by atoms with van der Waals surface area (Å²) in [5.74, 6) is -2.31. The average molecular weight is 346 g/mol. The number of amides is 1. The quantitative estimate of drug-likeness (QED) is 0.799. The Kier molecular flexibility index (Phi) is 5.20. The molecule has 1 saturated heterocycles. The van der Waals surface area contributed by atoms with Gasteiger partial charge in [-0.15, -0.1) is 11.3 Å². The van der Waals surface area contributed by atoms with Crippen LogP contribution in [-0.4, -0.2) is 49.3 Å². The number of carbonyl (C=O) groups excluding carboxylic acids is 1. The van der Waals surface area contributed by atoms with Gasteiger partial charge in [0.05, 0.1) is 5.92 Å². The number of rotatable bonds is 6. The lowest BCUT2D eigenvalue weighted by Gasteiger charge is -2.15. The van der Waals surface area contributed by atoms with Gasteiger partial charge in [0.15, 0.2) is 0 Å². The molecular formula is C13H18N2O5S2. The maximum absolute atomic E-state index is 12.5. The number of hydrogen-bond donors (Lipinski definition) is 2. The van der Waals surface area contributed by atoms with E-state index in [4.69, 9.17) is 5.11 Å². The third-order valence-corrected chi connectivity index (χ3v) is 6.49. The van der Waals surface area contributed by atoms with E-state index in [0.717, 1.165) is 24.2 Å². The number of nitrogens with one attached hydrogen (secondary N) is 1. The molecule has 122 valence electrons. The molecule has 1 amide bonds. The van der Waals surface area contributed by atoms with Gasteiger partial charge in [-0.3, -0.25) is 9.59 Å². The largest absolute Gasteiger partial charge is 0.481 e. The van der Waals surface area contributed by atoms with E-state index < -0.39 is 27.8 Å². The Morgan fingerprint density at radius 1 is 1.41 bits per heavy atom. The van der Waals surface area contributed by atoms with Gasteiger partial charge >= 0.3 is 5.97 Å². The van der Waals surface area contributed by atoms with Crippen LogP contribution in [0, 0.1) is 5.92 Å². The van der Waals surface area contributed by atoms with Crippen molar-refractivity contribution in [1.82, 2.24) is 9.62 Å². The molecule has 1 aromatic heterocycles. The first-order valence-corrected chi connectivity index (χ1v) is 9.24. The van der Waals surface area contributed by atoms with Crippen molar-refractivity contribution >= 4 is 33.2 Å². The van der Waals surface area contributed by atoms with Gasteiger partial charge < -0.3 is 10.4 Å². The fourth-order valence-corrected chi connectivity index (χ4v) is 4.98. The summed E-state index contributed by atoms with van der Waals surface area (Å²) < 4.78 is 26.4. The molecular weight excluding hydrogens is 328 g/mol. The van der Waals surface area contributed by atoms with Crippen LogP contribution in [0.15, 0.2) is 16.3 Å². The first-order valence-electron chi connectivity index (χ1n) is 6.92. The number of carboxylic acid groups (broad SMARTS) is 1. The summed E-state index contributed by atoms with van der Waals surface area (Å²) in [7, 11) is -3.66. The van der Waals surface area contributed by atoms with Gasteiger partial charge in [0, 0.05) is 19.6 Å². The van der Waals surface area contributed by atoms with E-state index >= 15 is 0 Å². The standard InChI is InChI=1S/C13H18N2O5S2/c1-9(13(17)18)8-14-12(16)11-10(4-7-21-11)22(19,20)15-5-2-3-6-15/h4,7,9H,2-3,5-6,8H2,1H3,(H,14,16)(H,17,18). The van der Waals surface area contributed by atoms with Gasteiger partial charge in [0.1, 0.15) is 9.77 Å². The Morgan fingerprint density at radius 2 is 2.05 bits per heavy atom. The monoisotopic (exact) mass is 346 g/mol. The lowest BCUT2D eigenvalue weighted by atomic mass is 10.2. The number of aliphatic carboxylic acids is 1. The van der Waals surface area contributed by atoms with Gasteiger partial charge in [0.2, 0.25) is 10.0 Å². The maximum atomic E-state index is 12.5. The molecule has 1 aliphatic heterocycles. The molecule has 2 heterocycles. The summed E-state index contributed by atoms with van der Waals surface area (Å²) in [6.07, 6.45) is 1.64. The van der Waals surface area contributed by atoms with Crippen LogP contribution in [0.5, 0.6) is 0 Å². The summed E-state index contributed by atoms with van der Waals surface area (Å²) in [5.41, 5.74) is 0. The highest BCUT2D eigenvalue weighted by atomic mass is 32.2. The van der Waals surface area contributed by atoms with E-state index in [1.165, 1.54) is 17.3 Å². The summed E-state index contributed by atoms with van der Waals surface area (Å²) in [4.78, 5) is 23.0. The van der Waals surface area contributed by atoms with E-state index in [1.807, 2.05) is 0 Å². The predicted octanol–water partition coefficient (Wildman–Crippen LogP) is 0.983. The number of nitrogens with zero attached hydrogens (tertiary/aromatic N) is 1. The molecule has 1 fully saturated rings. The minimum Gasteiger partial charge on any atom is -0.481 e. The maximum Gasteiger partial charge on any atom is 0.308 e. The van der Waals surface area contributed by atoms with Gasteiger partial charge in [-0.25, -0.2) is 8.42 Å². The molecule has 2 rings (SSSR count). The molecule has 7 nitrogen and oxygen atoms in total. The summed E-state index contributed by atoms with van der Waals surface area (Å²) in [6.45, 7) is 2.36. The van der Waals surface area contributed by atoms with Crippen molar-refractivity contribution in [2.24, 2.45) is 5.92 Å². The first kappa shape index (κ1) is 16.9. The third-order valence-electron chi connectivity index (χ3n) is 3.51. The Hall–Kier alpha value is -1.45. The van der Waals surface area contributed by atoms with Crippen molar-refractivity contribution in [2.45, 2.75) is 24.7 Å². The van der Waals surface area contributed by atoms with Gasteiger partial charge in [0.25, 0.3) is 5.91 Å².